The van der Waals surface area contributed by atoms with Crippen LogP contribution < -0.4 is 26.6 Å². The van der Waals surface area contributed by atoms with Gasteiger partial charge < -0.3 is 16.0 Å². The summed E-state index contributed by atoms with van der Waals surface area (Å²) in [4.78, 5) is 50.7. The highest BCUT2D eigenvalue weighted by atomic mass is 35.5. The molecule has 14 heteroatoms. The summed E-state index contributed by atoms with van der Waals surface area (Å²) in [6, 6.07) is 13.4. The number of carbonyl (C=O) groups excluding carboxylic acids is 3. The van der Waals surface area contributed by atoms with Crippen molar-refractivity contribution < 1.29 is 22.8 Å². The Hall–Kier alpha value is -4.09. The third kappa shape index (κ3) is 9.99. The van der Waals surface area contributed by atoms with E-state index < -0.39 is 33.4 Å². The molecule has 232 valence electrons. The number of carbonyl (C=O) groups is 3. The summed E-state index contributed by atoms with van der Waals surface area (Å²) in [5.41, 5.74) is -0.0261. The Kier molecular flexibility index (Phi) is 13.5. The van der Waals surface area contributed by atoms with Crippen molar-refractivity contribution in [2.45, 2.75) is 41.9 Å². The van der Waals surface area contributed by atoms with Crippen molar-refractivity contribution >= 4 is 51.3 Å². The van der Waals surface area contributed by atoms with Crippen LogP contribution in [0.3, 0.4) is 0 Å². The normalized spacial score (nSPS) is 12.0. The zero-order valence-corrected chi connectivity index (χ0v) is 26.1. The number of nitrogens with zero attached hydrogens (tertiary/aromatic N) is 1. The van der Waals surface area contributed by atoms with Crippen LogP contribution in [0.5, 0.6) is 0 Å². The van der Waals surface area contributed by atoms with E-state index >= 15 is 0 Å². The molecule has 0 saturated heterocycles. The van der Waals surface area contributed by atoms with E-state index in [1.807, 2.05) is 0 Å². The lowest BCUT2D eigenvalue weighted by molar-refractivity contribution is 0.0944. The number of halogens is 1. The van der Waals surface area contributed by atoms with Crippen molar-refractivity contribution in [2.24, 2.45) is 5.14 Å². The number of rotatable bonds is 15. The molecule has 0 aliphatic rings. The molecule has 2 atom stereocenters. The third-order valence-corrected chi connectivity index (χ3v) is 8.53. The molecule has 44 heavy (non-hydrogen) atoms. The molecule has 0 spiro atoms. The Bertz CT molecular complexity index is 1650. The molecule has 11 nitrogen and oxygen atoms in total. The largest absolute Gasteiger partial charge is 0.352 e. The molecule has 2 aromatic carbocycles. The van der Waals surface area contributed by atoms with Gasteiger partial charge in [-0.05, 0) is 74.2 Å². The molecule has 0 fully saturated rings. The van der Waals surface area contributed by atoms with Gasteiger partial charge in [0.05, 0.1) is 15.4 Å². The summed E-state index contributed by atoms with van der Waals surface area (Å²) >= 11 is 6.09. The third-order valence-electron chi connectivity index (χ3n) is 6.24. The summed E-state index contributed by atoms with van der Waals surface area (Å²) in [6.07, 6.45) is 9.53. The smallest absolute Gasteiger partial charge is 0.281 e. The maximum Gasteiger partial charge on any atom is 0.281 e. The molecule has 1 heterocycles. The van der Waals surface area contributed by atoms with Crippen LogP contribution in [-0.4, -0.2) is 49.7 Å². The number of amides is 3. The van der Waals surface area contributed by atoms with Crippen molar-refractivity contribution in [3.8, 4) is 12.3 Å². The highest BCUT2D eigenvalue weighted by Gasteiger charge is 2.17. The van der Waals surface area contributed by atoms with Crippen LogP contribution in [0.2, 0.25) is 5.02 Å². The Morgan fingerprint density at radius 3 is 2.00 bits per heavy atom. The van der Waals surface area contributed by atoms with Crippen molar-refractivity contribution in [1.82, 2.24) is 19.9 Å². The number of hydrogen-bond donors (Lipinski definition) is 4. The Labute approximate surface area is 265 Å². The van der Waals surface area contributed by atoms with Gasteiger partial charge in [0.1, 0.15) is 16.0 Å². The van der Waals surface area contributed by atoms with Crippen LogP contribution >= 0.6 is 11.6 Å². The Balaban J connectivity index is 1.51. The minimum atomic E-state index is -2.08. The molecule has 3 amide bonds. The van der Waals surface area contributed by atoms with Crippen molar-refractivity contribution in [2.75, 3.05) is 19.6 Å². The first-order chi connectivity index (χ1) is 21.1. The second kappa shape index (κ2) is 17.3. The molecule has 0 aliphatic carbocycles. The van der Waals surface area contributed by atoms with Crippen LogP contribution in [0.4, 0.5) is 0 Å². The lowest BCUT2D eigenvalue weighted by Crippen LogP contribution is -2.29. The molecule has 0 aliphatic heterocycles. The lowest BCUT2D eigenvalue weighted by atomic mass is 10.2. The molecule has 2 unspecified atom stereocenters. The monoisotopic (exact) mass is 657 g/mol. The molecular weight excluding hydrogens is 626 g/mol. The van der Waals surface area contributed by atoms with E-state index in [1.165, 1.54) is 36.5 Å². The number of nitrogens with two attached hydrogens (primary N) is 1. The molecule has 3 rings (SSSR count). The number of terminal acetylenes is 1. The highest BCUT2D eigenvalue weighted by molar-refractivity contribution is 7.83. The average Bonchev–Trinajstić information content (AvgIpc) is 3.03. The number of benzene rings is 2. The maximum absolute atomic E-state index is 13.3. The SMILES string of the molecule is C#CCCCNC(=O)c1cccc(S(=O)n2cc(C(=O)NCCCCCNC(=O)c3ccc(S(N)=O)cc3)cc(Cl)c2=O)c1. The predicted molar refractivity (Wildman–Crippen MR) is 170 cm³/mol. The van der Waals surface area contributed by atoms with Gasteiger partial charge >= 0.3 is 0 Å². The molecule has 3 aromatic rings. The zero-order chi connectivity index (χ0) is 32.1. The number of aromatic nitrogens is 1. The second-order valence-corrected chi connectivity index (χ2v) is 12.3. The molecular formula is C30H32ClN5O6S2. The Morgan fingerprint density at radius 1 is 0.795 bits per heavy atom. The number of nitrogens with one attached hydrogen (secondary N) is 3. The van der Waals surface area contributed by atoms with Gasteiger partial charge in [-0.2, -0.15) is 0 Å². The van der Waals surface area contributed by atoms with E-state index in [2.05, 4.69) is 21.9 Å². The van der Waals surface area contributed by atoms with Gasteiger partial charge in [-0.15, -0.1) is 12.3 Å². The number of unbranched alkanes of at least 4 members (excludes halogenated alkanes) is 3. The van der Waals surface area contributed by atoms with Crippen molar-refractivity contribution in [1.29, 1.82) is 0 Å². The average molecular weight is 658 g/mol. The lowest BCUT2D eigenvalue weighted by Gasteiger charge is -2.11. The van der Waals surface area contributed by atoms with Gasteiger partial charge in [-0.1, -0.05) is 17.7 Å². The van der Waals surface area contributed by atoms with Crippen LogP contribution in [0.25, 0.3) is 0 Å². The summed E-state index contributed by atoms with van der Waals surface area (Å²) < 4.78 is 25.4. The minimum absolute atomic E-state index is 0.0436. The topological polar surface area (TPSA) is 169 Å². The summed E-state index contributed by atoms with van der Waals surface area (Å²) in [6.45, 7) is 1.14. The fourth-order valence-corrected chi connectivity index (χ4v) is 5.67. The van der Waals surface area contributed by atoms with E-state index in [9.17, 15) is 27.6 Å². The van der Waals surface area contributed by atoms with Crippen LogP contribution in [0.15, 0.2) is 75.4 Å². The number of hydrogen-bond acceptors (Lipinski definition) is 6. The van der Waals surface area contributed by atoms with Crippen LogP contribution in [-0.2, 0) is 22.0 Å². The van der Waals surface area contributed by atoms with Gasteiger partial charge in [-0.3, -0.25) is 19.2 Å². The second-order valence-electron chi connectivity index (χ2n) is 9.44. The first-order valence-corrected chi connectivity index (χ1v) is 16.3. The molecule has 0 radical (unpaired) electrons. The van der Waals surface area contributed by atoms with Gasteiger partial charge in [0.25, 0.3) is 23.3 Å². The van der Waals surface area contributed by atoms with Crippen molar-refractivity contribution in [3.63, 3.8) is 0 Å². The van der Waals surface area contributed by atoms with Gasteiger partial charge in [-0.25, -0.2) is 17.5 Å². The van der Waals surface area contributed by atoms with E-state index in [4.69, 9.17) is 23.2 Å². The fourth-order valence-electron chi connectivity index (χ4n) is 3.90. The predicted octanol–water partition coefficient (Wildman–Crippen LogP) is 2.53. The minimum Gasteiger partial charge on any atom is -0.352 e. The van der Waals surface area contributed by atoms with Gasteiger partial charge in [0.2, 0.25) is 0 Å². The maximum atomic E-state index is 13.3. The van der Waals surface area contributed by atoms with Gasteiger partial charge in [0, 0.05) is 43.4 Å². The summed E-state index contributed by atoms with van der Waals surface area (Å²) in [5.74, 6) is 1.35. The van der Waals surface area contributed by atoms with E-state index in [0.717, 1.165) is 3.97 Å². The van der Waals surface area contributed by atoms with Crippen LogP contribution in [0, 0.1) is 12.3 Å². The summed E-state index contributed by atoms with van der Waals surface area (Å²) in [7, 11) is -3.69. The first kappa shape index (κ1) is 34.4. The highest BCUT2D eigenvalue weighted by Crippen LogP contribution is 2.14. The Morgan fingerprint density at radius 2 is 1.39 bits per heavy atom. The van der Waals surface area contributed by atoms with Gasteiger partial charge in [0.15, 0.2) is 11.0 Å². The van der Waals surface area contributed by atoms with Crippen molar-refractivity contribution in [3.05, 3.63) is 92.9 Å². The molecule has 0 saturated carbocycles. The summed E-state index contributed by atoms with van der Waals surface area (Å²) in [5, 5.41) is 13.3. The van der Waals surface area contributed by atoms with Crippen LogP contribution in [0.1, 0.15) is 63.2 Å². The zero-order valence-electron chi connectivity index (χ0n) is 23.7. The fraction of sp³-hybridized carbons (Fsp3) is 0.267. The van der Waals surface area contributed by atoms with E-state index in [1.54, 1.807) is 24.3 Å². The first-order valence-electron chi connectivity index (χ1n) is 13.6. The molecule has 0 bridgehead atoms. The number of pyridine rings is 1. The standard InChI is InChI=1S/C30H32ClN5O6S2/c1-2-3-5-15-34-28(38)22-9-8-10-25(18-22)44(42)36-20-23(19-26(31)30(36)40)29(39)35-17-7-4-6-16-33-27(37)21-11-13-24(14-12-21)43(32)41/h1,8-14,18-20H,3-7,15-17,32H2,(H,33,37)(H,34,38)(H,35,39). The molecule has 1 aromatic heterocycles. The quantitative estimate of drug-likeness (QED) is 0.145. The van der Waals surface area contributed by atoms with E-state index in [0.29, 0.717) is 62.2 Å². The molecule has 5 N–H and O–H groups in total. The van der Waals surface area contributed by atoms with E-state index in [-0.39, 0.29) is 32.9 Å².